The van der Waals surface area contributed by atoms with E-state index in [4.69, 9.17) is 4.74 Å². The number of morpholine rings is 1. The Morgan fingerprint density at radius 3 is 2.32 bits per heavy atom. The van der Waals surface area contributed by atoms with Crippen LogP contribution in [0, 0.1) is 11.8 Å². The van der Waals surface area contributed by atoms with Gasteiger partial charge < -0.3 is 20.1 Å². The van der Waals surface area contributed by atoms with Gasteiger partial charge in [0.05, 0.1) is 25.2 Å². The third kappa shape index (κ3) is 6.87. The molecule has 7 nitrogen and oxygen atoms in total. The molecule has 3 N–H and O–H groups in total. The second-order valence-corrected chi connectivity index (χ2v) is 10.1. The average Bonchev–Trinajstić information content (AvgIpc) is 2.92. The number of rotatable bonds is 8. The molecule has 1 aromatic heterocycles. The first-order chi connectivity index (χ1) is 18.5. The fourth-order valence-corrected chi connectivity index (χ4v) is 4.86. The van der Waals surface area contributed by atoms with Gasteiger partial charge in [-0.25, -0.2) is 9.37 Å². The molecule has 2 heterocycles. The summed E-state index contributed by atoms with van der Waals surface area (Å²) in [7, 11) is 0. The molecule has 1 aliphatic carbocycles. The van der Waals surface area contributed by atoms with E-state index in [2.05, 4.69) is 56.3 Å². The average molecular weight is 517 g/mol. The molecule has 3 aromatic rings. The zero-order chi connectivity index (χ0) is 26.3. The number of hydrogen-bond donors (Lipinski definition) is 3. The molecule has 1 saturated carbocycles. The van der Waals surface area contributed by atoms with E-state index >= 15 is 0 Å². The van der Waals surface area contributed by atoms with Crippen LogP contribution >= 0.6 is 0 Å². The van der Waals surface area contributed by atoms with Gasteiger partial charge in [-0.15, -0.1) is 0 Å². The molecular formula is C30H33FN4O3. The van der Waals surface area contributed by atoms with Crippen molar-refractivity contribution in [1.82, 2.24) is 20.2 Å². The van der Waals surface area contributed by atoms with Gasteiger partial charge in [0.15, 0.2) is 0 Å². The van der Waals surface area contributed by atoms with Crippen molar-refractivity contribution >= 4 is 0 Å². The smallest absolute Gasteiger partial charge is 0.293 e. The topological polar surface area (TPSA) is 90.5 Å². The van der Waals surface area contributed by atoms with E-state index < -0.39 is 11.7 Å². The highest BCUT2D eigenvalue weighted by Crippen LogP contribution is 2.27. The fraction of sp³-hybridized carbons (Fsp3) is 0.400. The standard InChI is InChI=1S/C30H33FN4O3/c31-26-16-27(17-26)32-18-25(28-29(36)30(37)34-20-33-28)15-23-7-3-21(4-8-23)1-2-22-5-9-24(10-6-22)19-35-11-13-38-14-12-35/h3-10,20,25-27,32,36H,11-19H2,(H,33,34,37). The first-order valence-electron chi connectivity index (χ1n) is 13.2. The molecule has 2 aromatic carbocycles. The van der Waals surface area contributed by atoms with E-state index in [-0.39, 0.29) is 17.7 Å². The number of halogens is 1. The Balaban J connectivity index is 1.22. The fourth-order valence-electron chi connectivity index (χ4n) is 4.86. The lowest BCUT2D eigenvalue weighted by molar-refractivity contribution is 0.0342. The lowest BCUT2D eigenvalue weighted by Gasteiger charge is -2.32. The van der Waals surface area contributed by atoms with Gasteiger partial charge in [-0.3, -0.25) is 9.69 Å². The maximum Gasteiger partial charge on any atom is 0.293 e. The molecule has 0 spiro atoms. The summed E-state index contributed by atoms with van der Waals surface area (Å²) in [6.45, 7) is 4.95. The van der Waals surface area contributed by atoms with Crippen molar-refractivity contribution in [3.8, 4) is 17.6 Å². The minimum atomic E-state index is -0.751. The van der Waals surface area contributed by atoms with E-state index in [1.165, 1.54) is 11.9 Å². The minimum Gasteiger partial charge on any atom is -0.502 e. The molecule has 0 radical (unpaired) electrons. The number of benzene rings is 2. The third-order valence-corrected chi connectivity index (χ3v) is 7.23. The highest BCUT2D eigenvalue weighted by atomic mass is 19.1. The van der Waals surface area contributed by atoms with Gasteiger partial charge in [0, 0.05) is 49.3 Å². The number of H-pyrrole nitrogens is 1. The van der Waals surface area contributed by atoms with Crippen molar-refractivity contribution in [2.24, 2.45) is 0 Å². The minimum absolute atomic E-state index is 0.114. The van der Waals surface area contributed by atoms with Crippen molar-refractivity contribution in [1.29, 1.82) is 0 Å². The van der Waals surface area contributed by atoms with Crippen LogP contribution in [0.2, 0.25) is 0 Å². The summed E-state index contributed by atoms with van der Waals surface area (Å²) in [5.74, 6) is 5.86. The number of aromatic hydroxyl groups is 1. The summed E-state index contributed by atoms with van der Waals surface area (Å²) in [6, 6.07) is 16.5. The second kappa shape index (κ2) is 12.4. The zero-order valence-corrected chi connectivity index (χ0v) is 21.3. The van der Waals surface area contributed by atoms with Crippen LogP contribution in [0.5, 0.6) is 5.75 Å². The van der Waals surface area contributed by atoms with Crippen molar-refractivity contribution in [2.45, 2.75) is 43.9 Å². The van der Waals surface area contributed by atoms with E-state index in [9.17, 15) is 14.3 Å². The molecule has 5 rings (SSSR count). The number of nitrogens with one attached hydrogen (secondary N) is 2. The third-order valence-electron chi connectivity index (χ3n) is 7.23. The van der Waals surface area contributed by atoms with Gasteiger partial charge in [-0.2, -0.15) is 0 Å². The summed E-state index contributed by atoms with van der Waals surface area (Å²) in [5.41, 5.74) is 3.96. The summed E-state index contributed by atoms with van der Waals surface area (Å²) in [5, 5.41) is 13.7. The zero-order valence-electron chi connectivity index (χ0n) is 21.3. The number of hydrogen-bond acceptors (Lipinski definition) is 6. The van der Waals surface area contributed by atoms with Crippen molar-refractivity contribution in [3.63, 3.8) is 0 Å². The SMILES string of the molecule is O=c1[nH]cnc(C(CNC2CC(F)C2)Cc2ccc(C#Cc3ccc(CN4CCOCC4)cc3)cc2)c1O. The molecule has 2 fully saturated rings. The second-order valence-electron chi connectivity index (χ2n) is 10.1. The Bertz CT molecular complexity index is 1320. The van der Waals surface area contributed by atoms with Gasteiger partial charge in [-0.05, 0) is 54.7 Å². The van der Waals surface area contributed by atoms with Crippen molar-refractivity contribution in [3.05, 3.63) is 93.2 Å². The van der Waals surface area contributed by atoms with E-state index in [1.807, 2.05) is 24.3 Å². The predicted molar refractivity (Wildman–Crippen MR) is 144 cm³/mol. The van der Waals surface area contributed by atoms with Crippen LogP contribution in [0.4, 0.5) is 4.39 Å². The van der Waals surface area contributed by atoms with Crippen LogP contribution in [0.1, 0.15) is 46.7 Å². The molecule has 1 aliphatic heterocycles. The Labute approximate surface area is 222 Å². The Morgan fingerprint density at radius 1 is 1.05 bits per heavy atom. The molecule has 8 heteroatoms. The molecule has 2 aliphatic rings. The lowest BCUT2D eigenvalue weighted by Crippen LogP contribution is -2.44. The van der Waals surface area contributed by atoms with E-state index in [0.29, 0.717) is 31.5 Å². The first-order valence-corrected chi connectivity index (χ1v) is 13.2. The molecule has 1 atom stereocenters. The van der Waals surface area contributed by atoms with Gasteiger partial charge in [0.2, 0.25) is 5.75 Å². The van der Waals surface area contributed by atoms with E-state index in [1.54, 1.807) is 0 Å². The molecule has 0 bridgehead atoms. The summed E-state index contributed by atoms with van der Waals surface area (Å²) >= 11 is 0. The number of ether oxygens (including phenoxy) is 1. The summed E-state index contributed by atoms with van der Waals surface area (Å²) in [4.78, 5) is 21.0. The Hall–Kier alpha value is -3.51. The number of nitrogens with zero attached hydrogens (tertiary/aromatic N) is 2. The quantitative estimate of drug-likeness (QED) is 0.399. The maximum atomic E-state index is 13.2. The number of alkyl halides is 1. The highest BCUT2D eigenvalue weighted by molar-refractivity contribution is 5.44. The van der Waals surface area contributed by atoms with Crippen molar-refractivity contribution in [2.75, 3.05) is 32.8 Å². The van der Waals surface area contributed by atoms with Gasteiger partial charge in [0.1, 0.15) is 6.17 Å². The van der Waals surface area contributed by atoms with Crippen LogP contribution in [-0.2, 0) is 17.7 Å². The summed E-state index contributed by atoms with van der Waals surface area (Å²) in [6.07, 6.45) is 2.11. The molecule has 1 unspecified atom stereocenters. The Morgan fingerprint density at radius 2 is 1.68 bits per heavy atom. The maximum absolute atomic E-state index is 13.2. The first kappa shape index (κ1) is 26.1. The van der Waals surface area contributed by atoms with Gasteiger partial charge >= 0.3 is 0 Å². The van der Waals surface area contributed by atoms with Crippen LogP contribution in [0.15, 0.2) is 59.7 Å². The van der Waals surface area contributed by atoms with Gasteiger partial charge in [0.25, 0.3) is 5.56 Å². The van der Waals surface area contributed by atoms with E-state index in [0.717, 1.165) is 49.5 Å². The molecule has 198 valence electrons. The number of aromatic nitrogens is 2. The van der Waals surface area contributed by atoms with Crippen LogP contribution in [0.25, 0.3) is 0 Å². The number of aromatic amines is 1. The van der Waals surface area contributed by atoms with Crippen LogP contribution < -0.4 is 10.9 Å². The molecule has 38 heavy (non-hydrogen) atoms. The normalized spacial score (nSPS) is 20.2. The Kier molecular flexibility index (Phi) is 8.49. The highest BCUT2D eigenvalue weighted by Gasteiger charge is 2.30. The van der Waals surface area contributed by atoms with Crippen LogP contribution in [-0.4, -0.2) is 65.0 Å². The van der Waals surface area contributed by atoms with Crippen LogP contribution in [0.3, 0.4) is 0 Å². The summed E-state index contributed by atoms with van der Waals surface area (Å²) < 4.78 is 18.7. The van der Waals surface area contributed by atoms with Gasteiger partial charge in [-0.1, -0.05) is 36.1 Å². The largest absolute Gasteiger partial charge is 0.502 e. The lowest BCUT2D eigenvalue weighted by atomic mass is 9.89. The molecule has 0 amide bonds. The molecular weight excluding hydrogens is 483 g/mol. The molecule has 1 saturated heterocycles. The monoisotopic (exact) mass is 516 g/mol. The predicted octanol–water partition coefficient (Wildman–Crippen LogP) is 3.12. The van der Waals surface area contributed by atoms with Crippen molar-refractivity contribution < 1.29 is 14.2 Å².